The summed E-state index contributed by atoms with van der Waals surface area (Å²) in [5.74, 6) is 2.50. The highest BCUT2D eigenvalue weighted by molar-refractivity contribution is 7.99. The van der Waals surface area contributed by atoms with Crippen molar-refractivity contribution in [2.45, 2.75) is 37.4 Å². The van der Waals surface area contributed by atoms with Crippen molar-refractivity contribution in [3.8, 4) is 0 Å². The molecule has 104 valence electrons. The number of hydrogen-bond donors (Lipinski definition) is 2. The number of guanidine groups is 1. The standard InChI is InChI=1S/C13H21N5S/c14-12(16-8-10-2-1-3-10)15-5-4-11-9-18-6-7-19-13(18)17-11/h9-10H,1-8H2,(H3,14,15,16). The molecule has 1 aliphatic carbocycles. The molecule has 0 saturated heterocycles. The highest BCUT2D eigenvalue weighted by Gasteiger charge is 2.16. The fourth-order valence-corrected chi connectivity index (χ4v) is 3.32. The molecule has 2 heterocycles. The SMILES string of the molecule is NC(=NCC1CCC1)NCCc1cn2c(n1)SCC2. The molecule has 19 heavy (non-hydrogen) atoms. The number of nitrogens with two attached hydrogens (primary N) is 1. The van der Waals surface area contributed by atoms with Crippen molar-refractivity contribution in [3.05, 3.63) is 11.9 Å². The fourth-order valence-electron chi connectivity index (χ4n) is 2.36. The minimum Gasteiger partial charge on any atom is -0.370 e. The Bertz CT molecular complexity index is 442. The molecule has 5 nitrogen and oxygen atoms in total. The molecule has 1 aliphatic heterocycles. The number of aryl methyl sites for hydroxylation is 1. The quantitative estimate of drug-likeness (QED) is 0.628. The zero-order valence-corrected chi connectivity index (χ0v) is 12.0. The van der Waals surface area contributed by atoms with E-state index >= 15 is 0 Å². The van der Waals surface area contributed by atoms with Crippen molar-refractivity contribution in [2.75, 3.05) is 18.8 Å². The summed E-state index contributed by atoms with van der Waals surface area (Å²) < 4.78 is 2.23. The average molecular weight is 279 g/mol. The molecule has 0 atom stereocenters. The van der Waals surface area contributed by atoms with Gasteiger partial charge in [-0.1, -0.05) is 18.2 Å². The molecule has 2 aliphatic rings. The Balaban J connectivity index is 1.39. The summed E-state index contributed by atoms with van der Waals surface area (Å²) >= 11 is 1.83. The van der Waals surface area contributed by atoms with Crippen LogP contribution in [0.5, 0.6) is 0 Å². The summed E-state index contributed by atoms with van der Waals surface area (Å²) in [6, 6.07) is 0. The first kappa shape index (κ1) is 12.8. The van der Waals surface area contributed by atoms with Gasteiger partial charge < -0.3 is 15.6 Å². The first-order valence-corrected chi connectivity index (χ1v) is 8.02. The van der Waals surface area contributed by atoms with Crippen LogP contribution in [0.4, 0.5) is 0 Å². The normalized spacial score (nSPS) is 19.3. The molecule has 1 saturated carbocycles. The van der Waals surface area contributed by atoms with E-state index < -0.39 is 0 Å². The highest BCUT2D eigenvalue weighted by Crippen LogP contribution is 2.26. The van der Waals surface area contributed by atoms with Crippen LogP contribution < -0.4 is 11.1 Å². The Morgan fingerprint density at radius 3 is 3.21 bits per heavy atom. The van der Waals surface area contributed by atoms with Gasteiger partial charge >= 0.3 is 0 Å². The maximum Gasteiger partial charge on any atom is 0.188 e. The van der Waals surface area contributed by atoms with Gasteiger partial charge in [-0.15, -0.1) is 0 Å². The van der Waals surface area contributed by atoms with E-state index in [1.807, 2.05) is 11.8 Å². The highest BCUT2D eigenvalue weighted by atomic mass is 32.2. The Labute approximate surface area is 118 Å². The molecule has 0 unspecified atom stereocenters. The van der Waals surface area contributed by atoms with Crippen molar-refractivity contribution in [1.82, 2.24) is 14.9 Å². The Morgan fingerprint density at radius 1 is 1.58 bits per heavy atom. The topological polar surface area (TPSA) is 68.2 Å². The predicted octanol–water partition coefficient (Wildman–Crippen LogP) is 1.24. The molecule has 0 spiro atoms. The minimum absolute atomic E-state index is 0.577. The molecule has 0 bridgehead atoms. The lowest BCUT2D eigenvalue weighted by Crippen LogP contribution is -2.34. The smallest absolute Gasteiger partial charge is 0.188 e. The number of aliphatic imine (C=N–C) groups is 1. The monoisotopic (exact) mass is 279 g/mol. The maximum atomic E-state index is 5.85. The lowest BCUT2D eigenvalue weighted by molar-refractivity contribution is 0.326. The molecule has 3 rings (SSSR count). The first-order chi connectivity index (χ1) is 9.31. The van der Waals surface area contributed by atoms with Crippen molar-refractivity contribution in [1.29, 1.82) is 0 Å². The number of thioether (sulfide) groups is 1. The van der Waals surface area contributed by atoms with Crippen molar-refractivity contribution in [3.63, 3.8) is 0 Å². The molecule has 1 aromatic heterocycles. The number of hydrogen-bond acceptors (Lipinski definition) is 3. The molecule has 1 fully saturated rings. The van der Waals surface area contributed by atoms with E-state index in [1.165, 1.54) is 19.3 Å². The minimum atomic E-state index is 0.577. The number of aromatic nitrogens is 2. The van der Waals surface area contributed by atoms with Gasteiger partial charge in [-0.25, -0.2) is 4.98 Å². The van der Waals surface area contributed by atoms with Crippen LogP contribution in [-0.4, -0.2) is 34.4 Å². The fraction of sp³-hybridized carbons (Fsp3) is 0.692. The molecular weight excluding hydrogens is 258 g/mol. The number of rotatable bonds is 5. The van der Waals surface area contributed by atoms with E-state index in [9.17, 15) is 0 Å². The van der Waals surface area contributed by atoms with Crippen molar-refractivity contribution < 1.29 is 0 Å². The van der Waals surface area contributed by atoms with Crippen molar-refractivity contribution in [2.24, 2.45) is 16.6 Å². The van der Waals surface area contributed by atoms with Crippen LogP contribution in [0, 0.1) is 5.92 Å². The Morgan fingerprint density at radius 2 is 2.47 bits per heavy atom. The van der Waals surface area contributed by atoms with Crippen LogP contribution in [0.15, 0.2) is 16.3 Å². The van der Waals surface area contributed by atoms with Gasteiger partial charge in [0.2, 0.25) is 0 Å². The molecule has 1 aromatic rings. The van der Waals surface area contributed by atoms with Gasteiger partial charge in [0.15, 0.2) is 11.1 Å². The van der Waals surface area contributed by atoms with Crippen molar-refractivity contribution >= 4 is 17.7 Å². The summed E-state index contributed by atoms with van der Waals surface area (Å²) in [7, 11) is 0. The van der Waals surface area contributed by atoms with Gasteiger partial charge in [0.05, 0.1) is 5.69 Å². The zero-order chi connectivity index (χ0) is 13.1. The van der Waals surface area contributed by atoms with E-state index in [4.69, 9.17) is 5.73 Å². The van der Waals surface area contributed by atoms with Gasteiger partial charge in [0, 0.05) is 38.0 Å². The third kappa shape index (κ3) is 3.23. The number of nitrogens with one attached hydrogen (secondary N) is 1. The second kappa shape index (κ2) is 5.86. The Hall–Kier alpha value is -1.17. The molecular formula is C13H21N5S. The summed E-state index contributed by atoms with van der Waals surface area (Å²) in [6.07, 6.45) is 7.04. The molecule has 6 heteroatoms. The zero-order valence-electron chi connectivity index (χ0n) is 11.1. The predicted molar refractivity (Wildman–Crippen MR) is 78.5 cm³/mol. The van der Waals surface area contributed by atoms with Crippen LogP contribution in [0.2, 0.25) is 0 Å². The van der Waals surface area contributed by atoms with Gasteiger partial charge in [0.1, 0.15) is 0 Å². The summed E-state index contributed by atoms with van der Waals surface area (Å²) in [6.45, 7) is 2.78. The first-order valence-electron chi connectivity index (χ1n) is 7.04. The lowest BCUT2D eigenvalue weighted by atomic mass is 9.86. The second-order valence-electron chi connectivity index (χ2n) is 5.26. The number of nitrogens with zero attached hydrogens (tertiary/aromatic N) is 3. The van der Waals surface area contributed by atoms with E-state index in [0.29, 0.717) is 5.96 Å². The van der Waals surface area contributed by atoms with Gasteiger partial charge in [-0.3, -0.25) is 4.99 Å². The van der Waals surface area contributed by atoms with Crippen LogP contribution in [0.1, 0.15) is 25.0 Å². The largest absolute Gasteiger partial charge is 0.370 e. The third-order valence-electron chi connectivity index (χ3n) is 3.78. The van der Waals surface area contributed by atoms with E-state index in [1.54, 1.807) is 0 Å². The summed E-state index contributed by atoms with van der Waals surface area (Å²) in [5, 5.41) is 4.33. The molecule has 3 N–H and O–H groups in total. The van der Waals surface area contributed by atoms with Crippen LogP contribution in [-0.2, 0) is 13.0 Å². The number of imidazole rings is 1. The van der Waals surface area contributed by atoms with Gasteiger partial charge in [-0.05, 0) is 18.8 Å². The summed E-state index contributed by atoms with van der Waals surface area (Å²) in [5.41, 5.74) is 6.99. The van der Waals surface area contributed by atoms with Gasteiger partial charge in [-0.2, -0.15) is 0 Å². The lowest BCUT2D eigenvalue weighted by Gasteiger charge is -2.23. The maximum absolute atomic E-state index is 5.85. The van der Waals surface area contributed by atoms with Gasteiger partial charge in [0.25, 0.3) is 0 Å². The van der Waals surface area contributed by atoms with E-state index in [0.717, 1.165) is 48.6 Å². The summed E-state index contributed by atoms with van der Waals surface area (Å²) in [4.78, 5) is 8.97. The van der Waals surface area contributed by atoms with Crippen LogP contribution in [0.3, 0.4) is 0 Å². The second-order valence-corrected chi connectivity index (χ2v) is 6.32. The average Bonchev–Trinajstić information content (AvgIpc) is 2.87. The van der Waals surface area contributed by atoms with E-state index in [2.05, 4.69) is 26.1 Å². The molecule has 0 aromatic carbocycles. The molecule has 0 amide bonds. The van der Waals surface area contributed by atoms with E-state index in [-0.39, 0.29) is 0 Å². The van der Waals surface area contributed by atoms with Crippen LogP contribution >= 0.6 is 11.8 Å². The molecule has 0 radical (unpaired) electrons. The number of fused-ring (bicyclic) bond motifs is 1. The third-order valence-corrected chi connectivity index (χ3v) is 4.76. The Kier molecular flexibility index (Phi) is 3.96. The van der Waals surface area contributed by atoms with Crippen LogP contribution in [0.25, 0.3) is 0 Å².